The lowest BCUT2D eigenvalue weighted by molar-refractivity contribution is -0.159. The van der Waals surface area contributed by atoms with Crippen molar-refractivity contribution in [2.24, 2.45) is 0 Å². The maximum Gasteiger partial charge on any atom is 0.425 e. The van der Waals surface area contributed by atoms with Crippen LogP contribution in [0.1, 0.15) is 53.4 Å². The number of para-hydroxylation sites is 2. The average molecular weight is 742 g/mol. The number of likely N-dealkylation sites (tertiary alicyclic amines) is 1. The average Bonchev–Trinajstić information content (AvgIpc) is 3.58. The molecule has 276 valence electrons. The molecule has 2 aliphatic rings. The number of piperidine rings is 1. The second-order valence-electron chi connectivity index (χ2n) is 12.2. The fraction of sp³-hybridized carbons (Fsp3) is 0.471. The molecule has 2 atom stereocenters. The first kappa shape index (κ1) is 37.9. The van der Waals surface area contributed by atoms with Gasteiger partial charge in [-0.25, -0.2) is 0 Å². The molecule has 5 rings (SSSR count). The van der Waals surface area contributed by atoms with Crippen LogP contribution < -0.4 is 15.0 Å². The highest BCUT2D eigenvalue weighted by molar-refractivity contribution is 7.10. The first-order valence-corrected chi connectivity index (χ1v) is 17.2. The van der Waals surface area contributed by atoms with Crippen molar-refractivity contribution in [3.8, 4) is 5.75 Å². The lowest BCUT2D eigenvalue weighted by Crippen LogP contribution is -2.69. The Bertz CT molecular complexity index is 1710. The normalized spacial score (nSPS) is 19.9. The number of thiophene rings is 1. The summed E-state index contributed by atoms with van der Waals surface area (Å²) < 4.78 is 94.1. The van der Waals surface area contributed by atoms with Gasteiger partial charge in [-0.1, -0.05) is 25.5 Å². The molecule has 1 N–H and O–H groups in total. The van der Waals surface area contributed by atoms with Crippen molar-refractivity contribution in [1.29, 1.82) is 0 Å². The summed E-state index contributed by atoms with van der Waals surface area (Å²) in [4.78, 5) is 48.5. The quantitative estimate of drug-likeness (QED) is 0.242. The van der Waals surface area contributed by atoms with E-state index in [1.807, 2.05) is 11.0 Å². The van der Waals surface area contributed by atoms with Gasteiger partial charge in [-0.05, 0) is 31.0 Å². The minimum Gasteiger partial charge on any atom is -0.474 e. The van der Waals surface area contributed by atoms with Crippen molar-refractivity contribution in [3.05, 3.63) is 70.2 Å². The summed E-state index contributed by atoms with van der Waals surface area (Å²) in [5.41, 5.74) is -2.57. The van der Waals surface area contributed by atoms with Gasteiger partial charge in [-0.15, -0.1) is 11.3 Å². The van der Waals surface area contributed by atoms with Gasteiger partial charge in [0.2, 0.25) is 11.5 Å². The summed E-state index contributed by atoms with van der Waals surface area (Å²) in [6.45, 7) is 2.52. The number of ether oxygens (including phenoxy) is 2. The van der Waals surface area contributed by atoms with E-state index in [0.717, 1.165) is 23.8 Å². The van der Waals surface area contributed by atoms with Gasteiger partial charge >= 0.3 is 12.4 Å². The molecular weight excluding hydrogens is 704 g/mol. The molecule has 0 spiro atoms. The number of piperazine rings is 1. The van der Waals surface area contributed by atoms with Crippen LogP contribution in [0.2, 0.25) is 0 Å². The van der Waals surface area contributed by atoms with Crippen molar-refractivity contribution in [3.63, 3.8) is 0 Å². The van der Waals surface area contributed by atoms with E-state index in [-0.39, 0.29) is 57.2 Å². The molecule has 0 radical (unpaired) electrons. The molecule has 51 heavy (non-hydrogen) atoms. The number of benzene rings is 1. The van der Waals surface area contributed by atoms with Gasteiger partial charge in [-0.3, -0.25) is 19.4 Å². The van der Waals surface area contributed by atoms with E-state index in [0.29, 0.717) is 48.3 Å². The number of carbonyl (C=O) groups is 3. The number of nitrogens with one attached hydrogen (secondary N) is 1. The molecule has 0 bridgehead atoms. The minimum absolute atomic E-state index is 0.00518. The fourth-order valence-electron chi connectivity index (χ4n) is 6.69. The van der Waals surface area contributed by atoms with E-state index in [4.69, 9.17) is 9.47 Å². The monoisotopic (exact) mass is 741 g/mol. The molecule has 0 unspecified atom stereocenters. The molecule has 17 heteroatoms. The predicted octanol–water partition coefficient (Wildman–Crippen LogP) is 6.34. The number of amides is 3. The molecule has 2 fully saturated rings. The summed E-state index contributed by atoms with van der Waals surface area (Å²) >= 11 is 0.387. The second-order valence-corrected chi connectivity index (χ2v) is 13.2. The van der Waals surface area contributed by atoms with Crippen LogP contribution in [0.25, 0.3) is 0 Å². The third-order valence-electron chi connectivity index (χ3n) is 8.92. The first-order chi connectivity index (χ1) is 24.2. The Morgan fingerprint density at radius 1 is 1.02 bits per heavy atom. The maximum atomic E-state index is 14.8. The molecule has 4 heterocycles. The summed E-state index contributed by atoms with van der Waals surface area (Å²) in [5.74, 6) is -2.17. The molecule has 10 nitrogen and oxygen atoms in total. The highest BCUT2D eigenvalue weighted by Gasteiger charge is 2.56. The predicted molar refractivity (Wildman–Crippen MR) is 177 cm³/mol. The van der Waals surface area contributed by atoms with Gasteiger partial charge in [-0.2, -0.15) is 26.3 Å². The largest absolute Gasteiger partial charge is 0.474 e. The van der Waals surface area contributed by atoms with Crippen LogP contribution in [0.15, 0.2) is 54.2 Å². The van der Waals surface area contributed by atoms with Crippen molar-refractivity contribution in [2.75, 3.05) is 56.7 Å². The van der Waals surface area contributed by atoms with E-state index in [1.54, 1.807) is 25.1 Å². The van der Waals surface area contributed by atoms with E-state index in [9.17, 15) is 40.7 Å². The molecule has 0 aliphatic carbocycles. The zero-order valence-electron chi connectivity index (χ0n) is 27.9. The van der Waals surface area contributed by atoms with Gasteiger partial charge < -0.3 is 29.5 Å². The standard InChI is InChI=1S/C34H37F6N5O5S/c1-3-7-27-32(50-22-18-28(51-21-22)34(38,39)40,11-6-13-45(27)30(47)23-19-41-12-10-24(23)33(35,36)37)31(48)44-16-14-43(15-17-44)26-9-5-4-8-25(26)42-29(46)20-49-2/h4-5,8-10,12,18-19,21,27H,3,6-7,11,13-17,20H2,1-2H3,(H,42,46)/t27-,32+/m1/s1. The number of hydrogen-bond acceptors (Lipinski definition) is 8. The number of alkyl halides is 6. The van der Waals surface area contributed by atoms with E-state index >= 15 is 0 Å². The number of pyridine rings is 1. The number of anilines is 2. The van der Waals surface area contributed by atoms with Crippen LogP contribution in [0.4, 0.5) is 37.7 Å². The number of aromatic nitrogens is 1. The highest BCUT2D eigenvalue weighted by atomic mass is 32.1. The van der Waals surface area contributed by atoms with E-state index in [2.05, 4.69) is 10.3 Å². The fourth-order valence-corrected chi connectivity index (χ4v) is 7.37. The van der Waals surface area contributed by atoms with E-state index < -0.39 is 51.8 Å². The van der Waals surface area contributed by atoms with Gasteiger partial charge in [0.15, 0.2) is 0 Å². The first-order valence-electron chi connectivity index (χ1n) is 16.3. The van der Waals surface area contributed by atoms with E-state index in [1.165, 1.54) is 16.9 Å². The maximum absolute atomic E-state index is 14.8. The van der Waals surface area contributed by atoms with Crippen molar-refractivity contribution in [1.82, 2.24) is 14.8 Å². The number of hydrogen-bond donors (Lipinski definition) is 1. The molecular formula is C34H37F6N5O5S. The number of nitrogens with zero attached hydrogens (tertiary/aromatic N) is 4. The third-order valence-corrected chi connectivity index (χ3v) is 9.87. The number of methoxy groups -OCH3 is 1. The zero-order valence-corrected chi connectivity index (χ0v) is 28.7. The molecule has 3 aromatic rings. The molecule has 2 saturated heterocycles. The Labute approximate surface area is 294 Å². The van der Waals surface area contributed by atoms with Crippen molar-refractivity contribution < 1.29 is 50.2 Å². The Balaban J connectivity index is 1.49. The molecule has 3 amide bonds. The number of halogens is 6. The van der Waals surface area contributed by atoms with Gasteiger partial charge in [0.25, 0.3) is 11.8 Å². The van der Waals surface area contributed by atoms with Crippen molar-refractivity contribution >= 4 is 40.4 Å². The smallest absolute Gasteiger partial charge is 0.425 e. The summed E-state index contributed by atoms with van der Waals surface area (Å²) in [6.07, 6.45) is -7.16. The Kier molecular flexibility index (Phi) is 11.5. The molecule has 0 saturated carbocycles. The van der Waals surface area contributed by atoms with Crippen LogP contribution in [0.5, 0.6) is 5.75 Å². The zero-order chi connectivity index (χ0) is 37.0. The molecule has 1 aromatic carbocycles. The SMILES string of the molecule is CCC[C@H]1N(C(=O)c2cnccc2C(F)(F)F)CCC[C@@]1(Oc1csc(C(F)(F)F)c1)C(=O)N1CCN(c2ccccc2NC(=O)COC)CC1. The van der Waals surface area contributed by atoms with Crippen LogP contribution in [-0.2, 0) is 26.7 Å². The number of carbonyl (C=O) groups excluding carboxylic acids is 3. The topological polar surface area (TPSA) is 104 Å². The molecule has 2 aromatic heterocycles. The van der Waals surface area contributed by atoms with Gasteiger partial charge in [0.05, 0.1) is 28.5 Å². The van der Waals surface area contributed by atoms with Gasteiger partial charge in [0, 0.05) is 70.1 Å². The Hall–Kier alpha value is -4.38. The Morgan fingerprint density at radius 2 is 1.75 bits per heavy atom. The lowest BCUT2D eigenvalue weighted by Gasteiger charge is -2.51. The second kappa shape index (κ2) is 15.5. The molecule has 2 aliphatic heterocycles. The Morgan fingerprint density at radius 3 is 2.39 bits per heavy atom. The minimum atomic E-state index is -4.87. The van der Waals surface area contributed by atoms with Crippen molar-refractivity contribution in [2.45, 2.75) is 56.6 Å². The third kappa shape index (κ3) is 8.24. The van der Waals surface area contributed by atoms with Gasteiger partial charge in [0.1, 0.15) is 17.2 Å². The summed E-state index contributed by atoms with van der Waals surface area (Å²) in [5, 5.41) is 3.94. The van der Waals surface area contributed by atoms with Crippen LogP contribution in [0, 0.1) is 0 Å². The lowest BCUT2D eigenvalue weighted by atomic mass is 9.79. The summed E-state index contributed by atoms with van der Waals surface area (Å²) in [6, 6.07) is 7.47. The van der Waals surface area contributed by atoms with Crippen LogP contribution >= 0.6 is 11.3 Å². The highest BCUT2D eigenvalue weighted by Crippen LogP contribution is 2.43. The number of rotatable bonds is 10. The summed E-state index contributed by atoms with van der Waals surface area (Å²) in [7, 11) is 1.40. The van der Waals surface area contributed by atoms with Crippen LogP contribution in [0.3, 0.4) is 0 Å². The van der Waals surface area contributed by atoms with Crippen LogP contribution in [-0.4, -0.2) is 90.6 Å².